The first-order chi connectivity index (χ1) is 6.77. The van der Waals surface area contributed by atoms with Gasteiger partial charge in [0.05, 0.1) is 0 Å². The Hall–Kier alpha value is -1.61. The number of hydrogen-bond acceptors (Lipinski definition) is 3. The molecule has 0 atom stereocenters. The summed E-state index contributed by atoms with van der Waals surface area (Å²) in [5.41, 5.74) is -0.389. The first-order valence-corrected chi connectivity index (χ1v) is 4.66. The summed E-state index contributed by atoms with van der Waals surface area (Å²) in [4.78, 5) is 23.7. The monoisotopic (exact) mass is 195 g/mol. The van der Waals surface area contributed by atoms with E-state index < -0.39 is 0 Å². The molecule has 0 fully saturated rings. The van der Waals surface area contributed by atoms with E-state index >= 15 is 0 Å². The molecule has 1 N–H and O–H groups in total. The van der Waals surface area contributed by atoms with Crippen LogP contribution in [-0.4, -0.2) is 20.7 Å². The number of hydrogen-bond donors (Lipinski definition) is 1. The van der Waals surface area contributed by atoms with Gasteiger partial charge in [0.25, 0.3) is 0 Å². The first kappa shape index (κ1) is 10.5. The van der Waals surface area contributed by atoms with Gasteiger partial charge in [-0.05, 0) is 6.42 Å². The summed E-state index contributed by atoms with van der Waals surface area (Å²) >= 11 is 0. The lowest BCUT2D eigenvalue weighted by Gasteiger charge is -1.92. The number of H-pyrrole nitrogens is 1. The first-order valence-electron chi connectivity index (χ1n) is 4.66. The number of aromatic amines is 1. The molecule has 0 aromatic carbocycles. The molecule has 1 aromatic heterocycles. The van der Waals surface area contributed by atoms with Crippen LogP contribution in [0.3, 0.4) is 0 Å². The van der Waals surface area contributed by atoms with E-state index in [9.17, 15) is 9.59 Å². The van der Waals surface area contributed by atoms with Gasteiger partial charge in [-0.3, -0.25) is 4.98 Å². The second-order valence-electron chi connectivity index (χ2n) is 3.03. The van der Waals surface area contributed by atoms with Crippen LogP contribution in [0.25, 0.3) is 6.20 Å². The second kappa shape index (κ2) is 5.19. The largest absolute Gasteiger partial charge is 0.348 e. The van der Waals surface area contributed by atoms with E-state index in [0.717, 1.165) is 36.6 Å². The number of carbonyl (C=O) groups excluding carboxylic acids is 1. The fourth-order valence-electron chi connectivity index (χ4n) is 1.17. The molecule has 0 amide bonds. The zero-order valence-electron chi connectivity index (χ0n) is 8.12. The molecule has 76 valence electrons. The van der Waals surface area contributed by atoms with Crippen molar-refractivity contribution >= 4 is 12.1 Å². The summed E-state index contributed by atoms with van der Waals surface area (Å²) in [6, 6.07) is 0. The van der Waals surface area contributed by atoms with E-state index in [1.54, 1.807) is 0 Å². The lowest BCUT2D eigenvalue weighted by Crippen LogP contribution is -2.12. The maximum atomic E-state index is 11.1. The summed E-state index contributed by atoms with van der Waals surface area (Å²) in [6.45, 7) is 2.11. The third-order valence-corrected chi connectivity index (χ3v) is 1.88. The molecule has 0 aliphatic carbocycles. The summed E-state index contributed by atoms with van der Waals surface area (Å²) in [5, 5.41) is 3.90. The zero-order valence-corrected chi connectivity index (χ0v) is 8.12. The molecule has 1 rings (SSSR count). The molecule has 0 aliphatic rings. The average molecular weight is 195 g/mol. The van der Waals surface area contributed by atoms with Crippen LogP contribution in [0.4, 0.5) is 0 Å². The van der Waals surface area contributed by atoms with Crippen molar-refractivity contribution in [1.29, 1.82) is 0 Å². The summed E-state index contributed by atoms with van der Waals surface area (Å²) in [6.07, 6.45) is 4.94. The molecule has 0 saturated heterocycles. The molecule has 1 heterocycles. The lowest BCUT2D eigenvalue weighted by atomic mass is 10.2. The quantitative estimate of drug-likeness (QED) is 0.552. The van der Waals surface area contributed by atoms with E-state index in [1.807, 2.05) is 0 Å². The smallest absolute Gasteiger partial charge is 0.292 e. The van der Waals surface area contributed by atoms with Gasteiger partial charge in [-0.15, -0.1) is 5.10 Å². The highest BCUT2D eigenvalue weighted by Gasteiger charge is 2.01. The third kappa shape index (κ3) is 2.71. The van der Waals surface area contributed by atoms with Gasteiger partial charge in [0.15, 0.2) is 0 Å². The van der Waals surface area contributed by atoms with Crippen molar-refractivity contribution < 1.29 is 4.79 Å². The molecule has 5 heteroatoms. The van der Waals surface area contributed by atoms with Crippen LogP contribution < -0.4 is 5.69 Å². The van der Waals surface area contributed by atoms with Gasteiger partial charge in [0, 0.05) is 6.42 Å². The molecule has 0 radical (unpaired) electrons. The van der Waals surface area contributed by atoms with E-state index in [-0.39, 0.29) is 5.69 Å². The van der Waals surface area contributed by atoms with Gasteiger partial charge in [0.2, 0.25) is 0 Å². The number of unbranched alkanes of at least 4 members (excludes halogenated alkanes) is 2. The second-order valence-corrected chi connectivity index (χ2v) is 3.03. The maximum Gasteiger partial charge on any atom is 0.348 e. The SMILES string of the molecule is CCCCCc1nn(C=C=O)c(=O)[nH]1. The Morgan fingerprint density at radius 1 is 1.57 bits per heavy atom. The lowest BCUT2D eigenvalue weighted by molar-refractivity contribution is 0.569. The fourth-order valence-corrected chi connectivity index (χ4v) is 1.17. The van der Waals surface area contributed by atoms with E-state index in [0.29, 0.717) is 5.82 Å². The van der Waals surface area contributed by atoms with Crippen LogP contribution in [0, 0.1) is 0 Å². The minimum atomic E-state index is -0.389. The Morgan fingerprint density at radius 2 is 2.36 bits per heavy atom. The summed E-state index contributed by atoms with van der Waals surface area (Å²) < 4.78 is 0.967. The maximum absolute atomic E-state index is 11.1. The van der Waals surface area contributed by atoms with Crippen LogP contribution in [-0.2, 0) is 11.2 Å². The predicted octanol–water partition coefficient (Wildman–Crippen LogP) is 0.606. The molecule has 14 heavy (non-hydrogen) atoms. The Labute approximate surface area is 81.4 Å². The van der Waals surface area contributed by atoms with Crippen molar-refractivity contribution in [3.8, 4) is 0 Å². The molecule has 5 nitrogen and oxygen atoms in total. The zero-order chi connectivity index (χ0) is 10.4. The minimum absolute atomic E-state index is 0.389. The van der Waals surface area contributed by atoms with E-state index in [1.165, 1.54) is 5.94 Å². The number of nitrogens with zero attached hydrogens (tertiary/aromatic N) is 2. The predicted molar refractivity (Wildman–Crippen MR) is 52.5 cm³/mol. The van der Waals surface area contributed by atoms with Crippen molar-refractivity contribution in [3.63, 3.8) is 0 Å². The molecule has 0 aliphatic heterocycles. The van der Waals surface area contributed by atoms with E-state index in [4.69, 9.17) is 0 Å². The highest BCUT2D eigenvalue weighted by atomic mass is 16.2. The molecular formula is C9H13N3O2. The van der Waals surface area contributed by atoms with Crippen molar-refractivity contribution in [1.82, 2.24) is 14.8 Å². The van der Waals surface area contributed by atoms with Crippen molar-refractivity contribution in [3.05, 3.63) is 16.3 Å². The average Bonchev–Trinajstić information content (AvgIpc) is 2.49. The van der Waals surface area contributed by atoms with Crippen LogP contribution in [0.2, 0.25) is 0 Å². The Morgan fingerprint density at radius 3 is 3.00 bits per heavy atom. The van der Waals surface area contributed by atoms with Crippen molar-refractivity contribution in [2.75, 3.05) is 0 Å². The third-order valence-electron chi connectivity index (χ3n) is 1.88. The van der Waals surface area contributed by atoms with Gasteiger partial charge >= 0.3 is 5.69 Å². The normalized spacial score (nSPS) is 9.79. The van der Waals surface area contributed by atoms with Gasteiger partial charge < -0.3 is 0 Å². The van der Waals surface area contributed by atoms with Crippen LogP contribution >= 0.6 is 0 Å². The van der Waals surface area contributed by atoms with E-state index in [2.05, 4.69) is 17.0 Å². The minimum Gasteiger partial charge on any atom is -0.292 e. The Bertz CT molecular complexity index is 385. The number of rotatable bonds is 5. The van der Waals surface area contributed by atoms with Gasteiger partial charge in [-0.1, -0.05) is 19.8 Å². The highest BCUT2D eigenvalue weighted by Crippen LogP contribution is 1.99. The molecule has 0 bridgehead atoms. The molecular weight excluding hydrogens is 182 g/mol. The molecule has 1 aromatic rings. The van der Waals surface area contributed by atoms with Gasteiger partial charge in [0.1, 0.15) is 18.0 Å². The highest BCUT2D eigenvalue weighted by molar-refractivity contribution is 5.63. The summed E-state index contributed by atoms with van der Waals surface area (Å²) in [7, 11) is 0. The Balaban J connectivity index is 2.66. The number of nitrogens with one attached hydrogen (secondary N) is 1. The summed E-state index contributed by atoms with van der Waals surface area (Å²) in [5.74, 6) is 2.13. The van der Waals surface area contributed by atoms with Gasteiger partial charge in [-0.25, -0.2) is 9.59 Å². The van der Waals surface area contributed by atoms with Gasteiger partial charge in [-0.2, -0.15) is 4.68 Å². The van der Waals surface area contributed by atoms with Crippen molar-refractivity contribution in [2.24, 2.45) is 0 Å². The van der Waals surface area contributed by atoms with Crippen LogP contribution in [0.15, 0.2) is 4.79 Å². The number of aryl methyl sites for hydroxylation is 1. The molecule has 0 spiro atoms. The van der Waals surface area contributed by atoms with Crippen LogP contribution in [0.5, 0.6) is 0 Å². The van der Waals surface area contributed by atoms with Crippen LogP contribution in [0.1, 0.15) is 32.0 Å². The fraction of sp³-hybridized carbons (Fsp3) is 0.556. The van der Waals surface area contributed by atoms with Crippen molar-refractivity contribution in [2.45, 2.75) is 32.6 Å². The number of aromatic nitrogens is 3. The molecule has 0 unspecified atom stereocenters. The Kier molecular flexibility index (Phi) is 3.88. The standard InChI is InChI=1S/C9H13N3O2/c1-2-3-4-5-8-10-9(14)12(11-8)6-7-13/h6H,2-5H2,1H3,(H,10,11,14). The molecule has 0 saturated carbocycles. The topological polar surface area (TPSA) is 67.8 Å².